The fourth-order valence-corrected chi connectivity index (χ4v) is 6.24. The highest BCUT2D eigenvalue weighted by atomic mass is 16.6. The van der Waals surface area contributed by atoms with Crippen LogP contribution >= 0.6 is 0 Å². The van der Waals surface area contributed by atoms with E-state index in [1.807, 2.05) is 0 Å². The summed E-state index contributed by atoms with van der Waals surface area (Å²) >= 11 is 0. The largest absolute Gasteiger partial charge is 0.507 e. The van der Waals surface area contributed by atoms with Gasteiger partial charge in [0.1, 0.15) is 23.0 Å². The fourth-order valence-electron chi connectivity index (χ4n) is 6.24. The number of ether oxygens (including phenoxy) is 4. The van der Waals surface area contributed by atoms with Crippen molar-refractivity contribution in [2.75, 3.05) is 27.4 Å². The number of phenolic OH excluding ortho intramolecular Hbond substituents is 2. The van der Waals surface area contributed by atoms with Gasteiger partial charge in [-0.05, 0) is 35.1 Å². The van der Waals surface area contributed by atoms with Gasteiger partial charge < -0.3 is 29.2 Å². The lowest BCUT2D eigenvalue weighted by Crippen LogP contribution is -2.09. The molecule has 14 heteroatoms. The van der Waals surface area contributed by atoms with Gasteiger partial charge in [-0.3, -0.25) is 29.8 Å². The van der Waals surface area contributed by atoms with E-state index in [1.54, 1.807) is 36.4 Å². The molecule has 0 atom stereocenters. The average molecular weight is 715 g/mol. The van der Waals surface area contributed by atoms with Crippen molar-refractivity contribution in [1.82, 2.24) is 0 Å². The smallest absolute Gasteiger partial charge is 0.305 e. The number of fused-ring (bicyclic) bond motifs is 8. The Hall–Kier alpha value is -6.18. The summed E-state index contributed by atoms with van der Waals surface area (Å²) in [5.41, 5.74) is 2.74. The molecule has 2 N–H and O–H groups in total. The first kappa shape index (κ1) is 37.1. The third-order valence-electron chi connectivity index (χ3n) is 8.81. The molecular formula is C38H38N2O12. The average Bonchev–Trinajstić information content (AvgIpc) is 3.12. The Morgan fingerprint density at radius 1 is 0.596 bits per heavy atom. The minimum absolute atomic E-state index is 0.00375. The van der Waals surface area contributed by atoms with Gasteiger partial charge in [-0.1, -0.05) is 36.4 Å². The first-order valence-corrected chi connectivity index (χ1v) is 16.6. The third kappa shape index (κ3) is 8.75. The number of aromatic hydroxyl groups is 2. The van der Waals surface area contributed by atoms with Crippen LogP contribution in [0.2, 0.25) is 0 Å². The Labute approximate surface area is 298 Å². The van der Waals surface area contributed by atoms with Crippen LogP contribution in [0.25, 0.3) is 0 Å². The zero-order valence-corrected chi connectivity index (χ0v) is 28.7. The molecule has 0 aromatic heterocycles. The Kier molecular flexibility index (Phi) is 11.9. The number of para-hydroxylation sites is 2. The normalized spacial score (nSPS) is 12.0. The highest BCUT2D eigenvalue weighted by molar-refractivity contribution is 5.69. The number of carbonyl (C=O) groups excluding carboxylic acids is 2. The molecule has 0 spiro atoms. The van der Waals surface area contributed by atoms with Crippen LogP contribution in [0.1, 0.15) is 70.2 Å². The Bertz CT molecular complexity index is 1770. The van der Waals surface area contributed by atoms with Gasteiger partial charge in [-0.15, -0.1) is 0 Å². The van der Waals surface area contributed by atoms with E-state index in [0.29, 0.717) is 46.6 Å². The number of phenols is 2. The van der Waals surface area contributed by atoms with Crippen molar-refractivity contribution < 1.29 is 48.6 Å². The number of benzene rings is 4. The standard InChI is InChI=1S/C38H38N2O12/c1-49-33(41)11-5-13-51-37-23-7-3-8-24(37)16-28-20-32(40(47)48)22-30(36(28)44)18-26-10-4-9-25(38(26)52-14-6-12-34(42)50-2)17-29-21-31(39(45)46)19-27(15-23)35(29)43/h3-4,7-10,19-22,43-44H,5-6,11-18H2,1-2H3. The van der Waals surface area contributed by atoms with E-state index in [2.05, 4.69) is 0 Å². The molecule has 0 amide bonds. The Balaban J connectivity index is 1.69. The van der Waals surface area contributed by atoms with Crippen LogP contribution < -0.4 is 9.47 Å². The molecule has 0 unspecified atom stereocenters. The summed E-state index contributed by atoms with van der Waals surface area (Å²) < 4.78 is 21.9. The summed E-state index contributed by atoms with van der Waals surface area (Å²) in [6, 6.07) is 15.6. The number of esters is 2. The number of nitrogens with zero attached hydrogens (tertiary/aromatic N) is 2. The maximum absolute atomic E-state index is 12.1. The van der Waals surface area contributed by atoms with Crippen molar-refractivity contribution in [3.8, 4) is 23.0 Å². The molecule has 5 rings (SSSR count). The highest BCUT2D eigenvalue weighted by Crippen LogP contribution is 2.40. The fraction of sp³-hybridized carbons (Fsp3) is 0.316. The second-order valence-corrected chi connectivity index (χ2v) is 12.3. The van der Waals surface area contributed by atoms with Crippen LogP contribution in [0.15, 0.2) is 60.7 Å². The second kappa shape index (κ2) is 16.7. The number of nitro groups is 2. The number of carbonyl (C=O) groups is 2. The van der Waals surface area contributed by atoms with Crippen LogP contribution in [0, 0.1) is 20.2 Å². The topological polar surface area (TPSA) is 198 Å². The molecule has 0 saturated carbocycles. The van der Waals surface area contributed by atoms with Gasteiger partial charge in [0.15, 0.2) is 0 Å². The molecule has 1 aliphatic carbocycles. The zero-order valence-electron chi connectivity index (χ0n) is 28.7. The molecule has 8 bridgehead atoms. The number of nitro benzene ring substituents is 2. The number of hydrogen-bond donors (Lipinski definition) is 2. The van der Waals surface area contributed by atoms with Gasteiger partial charge in [-0.2, -0.15) is 0 Å². The van der Waals surface area contributed by atoms with Crippen molar-refractivity contribution in [3.63, 3.8) is 0 Å². The van der Waals surface area contributed by atoms with Gasteiger partial charge in [0.2, 0.25) is 0 Å². The molecule has 0 aliphatic heterocycles. The van der Waals surface area contributed by atoms with E-state index in [-0.39, 0.29) is 96.9 Å². The van der Waals surface area contributed by atoms with E-state index in [1.165, 1.54) is 38.5 Å². The molecule has 14 nitrogen and oxygen atoms in total. The molecule has 4 aromatic rings. The summed E-state index contributed by atoms with van der Waals surface area (Å²) in [6.45, 7) is 0.184. The predicted molar refractivity (Wildman–Crippen MR) is 187 cm³/mol. The first-order valence-electron chi connectivity index (χ1n) is 16.6. The van der Waals surface area contributed by atoms with Crippen molar-refractivity contribution in [2.24, 2.45) is 0 Å². The lowest BCUT2D eigenvalue weighted by molar-refractivity contribution is -0.385. The van der Waals surface area contributed by atoms with E-state index in [4.69, 9.17) is 18.9 Å². The van der Waals surface area contributed by atoms with Crippen LogP contribution in [-0.2, 0) is 44.7 Å². The Morgan fingerprint density at radius 3 is 1.17 bits per heavy atom. The van der Waals surface area contributed by atoms with Crippen molar-refractivity contribution >= 4 is 23.3 Å². The summed E-state index contributed by atoms with van der Waals surface area (Å²) in [7, 11) is 2.57. The SMILES string of the molecule is COC(=O)CCCOc1c2cccc1Cc1cc([N+](=O)[O-])cc(c1O)Cc1cccc(c1OCCCC(=O)OC)Cc1cc([N+](=O)[O-])cc(c1O)C2. The third-order valence-corrected chi connectivity index (χ3v) is 8.81. The van der Waals surface area contributed by atoms with Crippen LogP contribution in [0.4, 0.5) is 11.4 Å². The Morgan fingerprint density at radius 2 is 0.904 bits per heavy atom. The molecule has 0 fully saturated rings. The van der Waals surface area contributed by atoms with Gasteiger partial charge in [0, 0.05) is 85.0 Å². The molecule has 0 heterocycles. The maximum Gasteiger partial charge on any atom is 0.305 e. The summed E-state index contributed by atoms with van der Waals surface area (Å²) in [4.78, 5) is 46.7. The van der Waals surface area contributed by atoms with Crippen molar-refractivity contribution in [2.45, 2.75) is 51.4 Å². The minimum Gasteiger partial charge on any atom is -0.507 e. The molecule has 0 radical (unpaired) electrons. The van der Waals surface area contributed by atoms with Crippen molar-refractivity contribution in [1.29, 1.82) is 0 Å². The molecular weight excluding hydrogens is 676 g/mol. The number of methoxy groups -OCH3 is 2. The van der Waals surface area contributed by atoms with Crippen LogP contribution in [0.3, 0.4) is 0 Å². The summed E-state index contributed by atoms with van der Waals surface area (Å²) in [5, 5.41) is 47.5. The van der Waals surface area contributed by atoms with E-state index in [0.717, 1.165) is 0 Å². The van der Waals surface area contributed by atoms with Crippen LogP contribution in [0.5, 0.6) is 23.0 Å². The molecule has 272 valence electrons. The highest BCUT2D eigenvalue weighted by Gasteiger charge is 2.24. The quantitative estimate of drug-likeness (QED) is 0.0638. The summed E-state index contributed by atoms with van der Waals surface area (Å²) in [5.74, 6) is -0.428. The molecule has 4 aromatic carbocycles. The minimum atomic E-state index is -0.534. The number of hydrogen-bond acceptors (Lipinski definition) is 12. The maximum atomic E-state index is 12.1. The number of non-ortho nitro benzene ring substituents is 2. The molecule has 0 saturated heterocycles. The van der Waals surface area contributed by atoms with E-state index < -0.39 is 21.8 Å². The lowest BCUT2D eigenvalue weighted by Gasteiger charge is -2.20. The predicted octanol–water partition coefficient (Wildman–Crippen LogP) is 6.25. The van der Waals surface area contributed by atoms with E-state index >= 15 is 0 Å². The monoisotopic (exact) mass is 714 g/mol. The van der Waals surface area contributed by atoms with Crippen LogP contribution in [-0.4, -0.2) is 59.4 Å². The number of rotatable bonds is 12. The zero-order chi connectivity index (χ0) is 37.4. The van der Waals surface area contributed by atoms with Gasteiger partial charge >= 0.3 is 11.9 Å². The molecule has 1 aliphatic rings. The van der Waals surface area contributed by atoms with E-state index in [9.17, 15) is 40.0 Å². The van der Waals surface area contributed by atoms with Gasteiger partial charge in [0.25, 0.3) is 11.4 Å². The van der Waals surface area contributed by atoms with Crippen molar-refractivity contribution in [3.05, 3.63) is 125 Å². The lowest BCUT2D eigenvalue weighted by atomic mass is 9.91. The second-order valence-electron chi connectivity index (χ2n) is 12.3. The first-order chi connectivity index (χ1) is 25.0. The van der Waals surface area contributed by atoms with Gasteiger partial charge in [-0.25, -0.2) is 0 Å². The molecule has 52 heavy (non-hydrogen) atoms. The van der Waals surface area contributed by atoms with Gasteiger partial charge in [0.05, 0.1) is 37.3 Å². The summed E-state index contributed by atoms with van der Waals surface area (Å²) in [6.07, 6.45) is 0.818.